The summed E-state index contributed by atoms with van der Waals surface area (Å²) in [7, 11) is -2.70. The Labute approximate surface area is 264 Å². The van der Waals surface area contributed by atoms with Crippen LogP contribution in [0.1, 0.15) is 74.9 Å². The maximum absolute atomic E-state index is 4.14. The molecule has 1 aliphatic rings. The van der Waals surface area contributed by atoms with E-state index in [1.807, 2.05) is 0 Å². The topological polar surface area (TPSA) is 0 Å². The maximum Gasteiger partial charge on any atom is 4.00 e. The van der Waals surface area contributed by atoms with Crippen LogP contribution in [0.4, 0.5) is 0 Å². The molecule has 2 heteroatoms. The van der Waals surface area contributed by atoms with Crippen LogP contribution in [0.3, 0.4) is 0 Å². The number of hydrogen-bond acceptors (Lipinski definition) is 0. The number of rotatable bonds is 6. The molecule has 0 saturated heterocycles. The molecule has 1 unspecified atom stereocenters. The first-order valence-electron chi connectivity index (χ1n) is 13.6. The molecule has 0 nitrogen and oxygen atoms in total. The van der Waals surface area contributed by atoms with Crippen molar-refractivity contribution in [1.29, 1.82) is 0 Å². The van der Waals surface area contributed by atoms with Crippen molar-refractivity contribution in [1.82, 2.24) is 0 Å². The van der Waals surface area contributed by atoms with Gasteiger partial charge in [-0.15, -0.1) is 6.92 Å². The van der Waals surface area contributed by atoms with Crippen molar-refractivity contribution in [2.75, 3.05) is 0 Å². The van der Waals surface area contributed by atoms with Crippen molar-refractivity contribution < 1.29 is 21.7 Å². The summed E-state index contributed by atoms with van der Waals surface area (Å²) in [6.07, 6.45) is 6.24. The van der Waals surface area contributed by atoms with Crippen LogP contribution in [0, 0.1) is 56.1 Å². The maximum atomic E-state index is 4.14. The molecule has 0 aliphatic heterocycles. The molecule has 0 bridgehead atoms. The quantitative estimate of drug-likeness (QED) is 0.154. The standard InChI is InChI=1S/C35H43Si.3CH3.Ti/c1-11-30-19-31(12-2)21-32(20-30)36(33-17-13-15-23(3)27(33)7,34-18-14-16-24(4)28(34)8)35(10)22-25(5)26(6)29(35)9;;;;/h13-21H,11-12H2,1-10H3;3*1H3;/q4*-1;+4. The van der Waals surface area contributed by atoms with Gasteiger partial charge in [0.05, 0.1) is 0 Å². The van der Waals surface area contributed by atoms with Crippen molar-refractivity contribution in [2.24, 2.45) is 0 Å². The summed E-state index contributed by atoms with van der Waals surface area (Å²) in [4.78, 5) is 0. The summed E-state index contributed by atoms with van der Waals surface area (Å²) in [6, 6.07) is 21.5. The van der Waals surface area contributed by atoms with Crippen LogP contribution in [0.2, 0.25) is 5.04 Å². The van der Waals surface area contributed by atoms with Gasteiger partial charge in [0.1, 0.15) is 8.07 Å². The van der Waals surface area contributed by atoms with Crippen molar-refractivity contribution in [2.45, 2.75) is 87.1 Å². The fourth-order valence-electron chi connectivity index (χ4n) is 6.58. The van der Waals surface area contributed by atoms with Crippen LogP contribution in [0.25, 0.3) is 0 Å². The van der Waals surface area contributed by atoms with Crippen LogP contribution in [0.5, 0.6) is 0 Å². The Morgan fingerprint density at radius 2 is 1.10 bits per heavy atom. The van der Waals surface area contributed by atoms with Gasteiger partial charge < -0.3 is 22.3 Å². The molecule has 1 atom stereocenters. The first-order chi connectivity index (χ1) is 17.0. The Balaban J connectivity index is 0.00000380. The van der Waals surface area contributed by atoms with Gasteiger partial charge in [-0.25, -0.2) is 5.57 Å². The molecule has 0 amide bonds. The van der Waals surface area contributed by atoms with Gasteiger partial charge in [0, 0.05) is 0 Å². The zero-order chi connectivity index (χ0) is 26.4. The van der Waals surface area contributed by atoms with E-state index in [1.165, 1.54) is 65.7 Å². The van der Waals surface area contributed by atoms with E-state index < -0.39 is 8.07 Å². The molecule has 3 aromatic rings. The van der Waals surface area contributed by atoms with Crippen molar-refractivity contribution in [3.63, 3.8) is 0 Å². The molecule has 4 rings (SSSR count). The molecular weight excluding hydrogens is 532 g/mol. The van der Waals surface area contributed by atoms with Gasteiger partial charge >= 0.3 is 21.7 Å². The Kier molecular flexibility index (Phi) is 13.6. The summed E-state index contributed by atoms with van der Waals surface area (Å²) in [6.45, 7) is 23.3. The fraction of sp³-hybridized carbons (Fsp3) is 0.342. The summed E-state index contributed by atoms with van der Waals surface area (Å²) < 4.78 is 0. The first kappa shape index (κ1) is 38.1. The Morgan fingerprint density at radius 1 is 0.675 bits per heavy atom. The number of allylic oxidation sites excluding steroid dienone is 4. The molecule has 212 valence electrons. The van der Waals surface area contributed by atoms with Crippen molar-refractivity contribution in [3.8, 4) is 0 Å². The van der Waals surface area contributed by atoms with Crippen LogP contribution in [-0.2, 0) is 34.6 Å². The second kappa shape index (κ2) is 14.3. The molecule has 40 heavy (non-hydrogen) atoms. The van der Waals surface area contributed by atoms with Crippen molar-refractivity contribution in [3.05, 3.63) is 133 Å². The van der Waals surface area contributed by atoms with E-state index in [9.17, 15) is 0 Å². The first-order valence-corrected chi connectivity index (χ1v) is 15.6. The van der Waals surface area contributed by atoms with Crippen LogP contribution < -0.4 is 15.6 Å². The molecule has 3 aromatic carbocycles. The van der Waals surface area contributed by atoms with Gasteiger partial charge in [0.15, 0.2) is 0 Å². The third-order valence-electron chi connectivity index (χ3n) is 9.38. The van der Waals surface area contributed by atoms with Gasteiger partial charge in [0.2, 0.25) is 0 Å². The molecule has 1 aliphatic carbocycles. The van der Waals surface area contributed by atoms with Gasteiger partial charge in [-0.3, -0.25) is 6.08 Å². The Morgan fingerprint density at radius 3 is 1.45 bits per heavy atom. The summed E-state index contributed by atoms with van der Waals surface area (Å²) in [5.41, 5.74) is 12.7. The molecule has 0 N–H and O–H groups in total. The number of hydrogen-bond donors (Lipinski definition) is 0. The predicted octanol–water partition coefficient (Wildman–Crippen LogP) is 8.72. The third-order valence-corrected chi connectivity index (χ3v) is 15.2. The van der Waals surface area contributed by atoms with E-state index in [4.69, 9.17) is 0 Å². The van der Waals surface area contributed by atoms with Crippen molar-refractivity contribution >= 4 is 23.6 Å². The molecule has 0 fully saturated rings. The average Bonchev–Trinajstić information content (AvgIpc) is 3.07. The second-order valence-corrected chi connectivity index (χ2v) is 15.3. The van der Waals surface area contributed by atoms with Crippen LogP contribution >= 0.6 is 0 Å². The molecule has 0 saturated carbocycles. The summed E-state index contributed by atoms with van der Waals surface area (Å²) in [5.74, 6) is 0. The number of benzene rings is 3. The largest absolute Gasteiger partial charge is 4.00 e. The number of aryl methyl sites for hydroxylation is 4. The zero-order valence-corrected chi connectivity index (χ0v) is 30.2. The van der Waals surface area contributed by atoms with E-state index in [-0.39, 0.29) is 49.0 Å². The normalized spacial score (nSPS) is 16.3. The monoisotopic (exact) mass is 584 g/mol. The minimum atomic E-state index is -2.70. The summed E-state index contributed by atoms with van der Waals surface area (Å²) >= 11 is 0. The minimum absolute atomic E-state index is 0. The van der Waals surface area contributed by atoms with E-state index in [0.717, 1.165) is 12.8 Å². The second-order valence-electron chi connectivity index (χ2n) is 11.1. The third kappa shape index (κ3) is 5.72. The molecule has 0 aromatic heterocycles. The molecular formula is C38H52SiTi. The average molecular weight is 585 g/mol. The predicted molar refractivity (Wildman–Crippen MR) is 180 cm³/mol. The van der Waals surface area contributed by atoms with E-state index in [2.05, 4.69) is 130 Å². The Bertz CT molecular complexity index is 1320. The molecule has 0 heterocycles. The van der Waals surface area contributed by atoms with E-state index in [1.54, 1.807) is 0 Å². The van der Waals surface area contributed by atoms with E-state index >= 15 is 0 Å². The summed E-state index contributed by atoms with van der Waals surface area (Å²) in [5, 5.41) is 4.39. The minimum Gasteiger partial charge on any atom is -0.358 e. The SMILES string of the molecule is CCc1cc(CC)cc([Si](c2cccc(C)c2C)(c2cccc(C)c2C)C2(C)[C-]=C(C)C(C)=C2C)c1.[CH3-].[CH3-].[CH3-].[Ti+4]. The fourth-order valence-corrected chi connectivity index (χ4v) is 13.3. The van der Waals surface area contributed by atoms with E-state index in [0.29, 0.717) is 0 Å². The van der Waals surface area contributed by atoms with Gasteiger partial charge in [-0.1, -0.05) is 94.3 Å². The van der Waals surface area contributed by atoms with Crippen LogP contribution in [0.15, 0.2) is 71.3 Å². The molecule has 0 spiro atoms. The molecule has 0 radical (unpaired) electrons. The van der Waals surface area contributed by atoms with Crippen LogP contribution in [-0.4, -0.2) is 8.07 Å². The zero-order valence-electron chi connectivity index (χ0n) is 27.6. The van der Waals surface area contributed by atoms with Gasteiger partial charge in [-0.2, -0.15) is 11.1 Å². The van der Waals surface area contributed by atoms with Gasteiger partial charge in [-0.05, 0) is 89.5 Å². The Hall–Kier alpha value is -1.93. The smallest absolute Gasteiger partial charge is 0.358 e. The van der Waals surface area contributed by atoms with Gasteiger partial charge in [0.25, 0.3) is 0 Å².